The number of carbonyl (C=O) groups excluding carboxylic acids is 15. The van der Waals surface area contributed by atoms with Gasteiger partial charge in [-0.2, -0.15) is 0 Å². The van der Waals surface area contributed by atoms with Crippen LogP contribution in [-0.4, -0.2) is 248 Å². The van der Waals surface area contributed by atoms with Gasteiger partial charge in [0.1, 0.15) is 72.2 Å². The van der Waals surface area contributed by atoms with Crippen molar-refractivity contribution in [1.29, 1.82) is 0 Å². The number of Topliss-reactive ketones (excluding diaryl/α,β-unsaturated/α-hetero) is 1. The first-order valence-electron chi connectivity index (χ1n) is 36.5. The van der Waals surface area contributed by atoms with Crippen molar-refractivity contribution >= 4 is 105 Å². The predicted molar refractivity (Wildman–Crippen MR) is 395 cm³/mol. The number of fused-ring (bicyclic) bond motifs is 2. The minimum Gasteiger partial charge on any atom is -0.394 e. The van der Waals surface area contributed by atoms with Gasteiger partial charge in [0, 0.05) is 100 Å². The fourth-order valence-corrected chi connectivity index (χ4v) is 12.3. The molecule has 2 saturated heterocycles. The van der Waals surface area contributed by atoms with E-state index in [4.69, 9.17) is 22.9 Å². The van der Waals surface area contributed by atoms with Crippen molar-refractivity contribution in [3.63, 3.8) is 0 Å². The van der Waals surface area contributed by atoms with Crippen LogP contribution in [0.3, 0.4) is 0 Å². The topological polar surface area (TPSA) is 625 Å². The van der Waals surface area contributed by atoms with E-state index in [1.165, 1.54) is 12.5 Å². The summed E-state index contributed by atoms with van der Waals surface area (Å²) in [6.07, 6.45) is 1.27. The molecule has 0 bridgehead atoms. The number of imidazole rings is 1. The maximum absolute atomic E-state index is 15.3. The lowest BCUT2D eigenvalue weighted by atomic mass is 10.0. The average Bonchev–Trinajstić information content (AvgIpc) is 1.65. The number of nitrogens with two attached hydrogens (primary N) is 4. The van der Waals surface area contributed by atoms with Crippen LogP contribution in [0.1, 0.15) is 121 Å². The smallest absolute Gasteiger partial charge is 0.245 e. The zero-order chi connectivity index (χ0) is 80.4. The van der Waals surface area contributed by atoms with Crippen LogP contribution < -0.4 is 86.7 Å². The second-order valence-electron chi connectivity index (χ2n) is 26.9. The van der Waals surface area contributed by atoms with E-state index in [1.54, 1.807) is 49.5 Å². The highest BCUT2D eigenvalue weighted by atomic mass is 16.3. The minimum atomic E-state index is -1.88. The lowest BCUT2D eigenvalue weighted by Gasteiger charge is -2.31. The molecular formula is C71H103N21O18. The molecule has 600 valence electrons. The molecule has 0 aliphatic carbocycles. The number of aromatic amines is 2. The largest absolute Gasteiger partial charge is 0.394 e. The van der Waals surface area contributed by atoms with Crippen LogP contribution in [0.15, 0.2) is 78.3 Å². The molecule has 2 aliphatic rings. The Morgan fingerprint density at radius 3 is 1.95 bits per heavy atom. The van der Waals surface area contributed by atoms with Gasteiger partial charge < -0.3 is 117 Å². The van der Waals surface area contributed by atoms with E-state index in [-0.39, 0.29) is 94.7 Å². The van der Waals surface area contributed by atoms with Crippen LogP contribution in [0.5, 0.6) is 0 Å². The predicted octanol–water partition coefficient (Wildman–Crippen LogP) is -6.64. The van der Waals surface area contributed by atoms with Gasteiger partial charge in [0.05, 0.1) is 32.2 Å². The Kier molecular flexibility index (Phi) is 35.6. The third-order valence-electron chi connectivity index (χ3n) is 18.3. The van der Waals surface area contributed by atoms with Gasteiger partial charge in [-0.15, -0.1) is 0 Å². The maximum atomic E-state index is 15.3. The van der Waals surface area contributed by atoms with Crippen molar-refractivity contribution in [2.24, 2.45) is 27.9 Å². The third kappa shape index (κ3) is 28.6. The van der Waals surface area contributed by atoms with E-state index < -0.39 is 207 Å². The molecule has 2 aromatic heterocycles. The molecule has 4 aromatic rings. The number of amides is 14. The first-order chi connectivity index (χ1) is 52.6. The molecule has 4 heterocycles. The summed E-state index contributed by atoms with van der Waals surface area (Å²) >= 11 is 0. The summed E-state index contributed by atoms with van der Waals surface area (Å²) in [5.41, 5.74) is 24.6. The molecule has 2 fully saturated rings. The molecule has 2 aliphatic heterocycles. The van der Waals surface area contributed by atoms with Crippen LogP contribution in [-0.2, 0) is 91.2 Å². The number of aliphatic hydroxyl groups is 3. The van der Waals surface area contributed by atoms with Crippen LogP contribution in [0.25, 0.3) is 10.9 Å². The third-order valence-corrected chi connectivity index (χ3v) is 18.3. The van der Waals surface area contributed by atoms with E-state index in [9.17, 15) is 82.4 Å². The summed E-state index contributed by atoms with van der Waals surface area (Å²) in [5.74, 6) is -13.9. The zero-order valence-electron chi connectivity index (χ0n) is 61.4. The maximum Gasteiger partial charge on any atom is 0.245 e. The number of guanidine groups is 1. The van der Waals surface area contributed by atoms with Crippen molar-refractivity contribution < 1.29 is 87.2 Å². The minimum absolute atomic E-state index is 0.00846. The number of aromatic nitrogens is 3. The van der Waals surface area contributed by atoms with Crippen molar-refractivity contribution in [3.8, 4) is 0 Å². The molecule has 0 saturated carbocycles. The average molecular weight is 1540 g/mol. The van der Waals surface area contributed by atoms with Crippen molar-refractivity contribution in [3.05, 3.63) is 90.1 Å². The highest BCUT2D eigenvalue weighted by molar-refractivity contribution is 6.00. The van der Waals surface area contributed by atoms with E-state index in [1.807, 2.05) is 18.2 Å². The van der Waals surface area contributed by atoms with Gasteiger partial charge in [0.25, 0.3) is 0 Å². The van der Waals surface area contributed by atoms with Crippen LogP contribution in [0.4, 0.5) is 0 Å². The van der Waals surface area contributed by atoms with Gasteiger partial charge in [0.2, 0.25) is 82.7 Å². The number of primary amides is 2. The number of aliphatic hydroxyl groups excluding tert-OH is 3. The Morgan fingerprint density at radius 1 is 0.664 bits per heavy atom. The summed E-state index contributed by atoms with van der Waals surface area (Å²) in [6, 6.07) is -1.62. The van der Waals surface area contributed by atoms with Crippen molar-refractivity contribution in [1.82, 2.24) is 83.7 Å². The molecule has 2 aromatic carbocycles. The Labute approximate surface area is 633 Å². The lowest BCUT2D eigenvalue weighted by Crippen LogP contribution is -2.61. The number of ketones is 1. The molecule has 0 radical (unpaired) electrons. The number of para-hydroxylation sites is 1. The standard InChI is InChI=1S/C71H103N21O18/c1-3-4-16-48(85-68(108)56(37-94)91-66(106)54(30-42-33-77-38-81-42)89-63(103)50(22-23-58(72)98)86-67(107)55(36-93)82-59(99)34-79-39(2)95)61(101)87-51-21-20-43(96)24-27-76-25-11-10-18-47(60(73)100)83-65(105)53(29-41-32-80-46-17-9-8-15-45(41)46)88-62(102)49(19-12-26-78-71(74)75)84-64(104)52(28-40-13-6-5-7-14-40)90-69(109)57-31-44(97)35-92(57)70(51)110/h5-9,13-15,17,32-33,38,44,47-57,76,80,93-94,97H,3-4,10-12,16,18-31,34-37H2,1-2H3,(H2,72,98)(H2,73,100)(H,77,81)(H,79,95)(H,82,99)(H,83,105)(H,84,104)(H,85,108)(H,86,107)(H,87,101)(H,88,102)(H,89,103)(H,90,109)(H,91,106)(H4,74,75,78)/t44-,47+,48+,49+,50+,51+,52-,53+,54+,55+,56+,57+/m1/s1. The SMILES string of the molecule is CCCC[C@H](NC(=O)[C@H](CO)NC(=O)[C@H](Cc1cnc[nH]1)NC(=O)[C@H](CCC(N)=O)NC(=O)[C@H](CO)NC(=O)CNC(C)=O)C(=O)N[C@H]1CCC(=O)CCNCCCC[C@@H](C(N)=O)NC(=O)[C@H](Cc2c[nH]c3ccccc23)NC(=O)[C@H](CCCN=C(N)N)NC(=O)[C@@H](Cc2ccccc2)NC(=O)[C@@H]2C[C@@H](O)CN2C1=O. The van der Waals surface area contributed by atoms with Crippen molar-refractivity contribution in [2.75, 3.05) is 45.9 Å². The summed E-state index contributed by atoms with van der Waals surface area (Å²) in [6.45, 7) is 0.155. The Bertz CT molecular complexity index is 3850. The number of benzene rings is 2. The van der Waals surface area contributed by atoms with Gasteiger partial charge in [0.15, 0.2) is 5.96 Å². The molecule has 12 atom stereocenters. The number of unbranched alkanes of at least 4 members (excludes halogenated alkanes) is 1. The van der Waals surface area contributed by atoms with E-state index >= 15 is 4.79 Å². The van der Waals surface area contributed by atoms with Gasteiger partial charge in [-0.25, -0.2) is 4.98 Å². The van der Waals surface area contributed by atoms with E-state index in [2.05, 4.69) is 83.7 Å². The molecule has 0 unspecified atom stereocenters. The number of H-pyrrole nitrogens is 2. The van der Waals surface area contributed by atoms with Crippen molar-refractivity contribution in [2.45, 2.75) is 196 Å². The highest BCUT2D eigenvalue weighted by Gasteiger charge is 2.44. The molecule has 0 spiro atoms. The number of rotatable bonds is 32. The summed E-state index contributed by atoms with van der Waals surface area (Å²) in [4.78, 5) is 223. The Balaban J connectivity index is 1.28. The fraction of sp³-hybridized carbons (Fsp3) is 0.535. The lowest BCUT2D eigenvalue weighted by molar-refractivity contribution is -0.143. The van der Waals surface area contributed by atoms with Gasteiger partial charge >= 0.3 is 0 Å². The van der Waals surface area contributed by atoms with Gasteiger partial charge in [-0.1, -0.05) is 68.3 Å². The first-order valence-corrected chi connectivity index (χ1v) is 36.5. The molecule has 14 amide bonds. The van der Waals surface area contributed by atoms with Crippen LogP contribution in [0, 0.1) is 0 Å². The molecular weight excluding hydrogens is 1430 g/mol. The monoisotopic (exact) mass is 1540 g/mol. The second-order valence-corrected chi connectivity index (χ2v) is 26.9. The molecule has 6 rings (SSSR count). The second kappa shape index (κ2) is 44.8. The van der Waals surface area contributed by atoms with Crippen LogP contribution in [0.2, 0.25) is 0 Å². The summed E-state index contributed by atoms with van der Waals surface area (Å²) < 4.78 is 0. The number of nitrogens with one attached hydrogen (secondary N) is 14. The first kappa shape index (κ1) is 87.5. The fourth-order valence-electron chi connectivity index (χ4n) is 12.3. The van der Waals surface area contributed by atoms with E-state index in [0.29, 0.717) is 36.9 Å². The molecule has 25 N–H and O–H groups in total. The Morgan fingerprint density at radius 2 is 1.28 bits per heavy atom. The van der Waals surface area contributed by atoms with Crippen LogP contribution >= 0.6 is 0 Å². The van der Waals surface area contributed by atoms with Gasteiger partial charge in [-0.3, -0.25) is 76.9 Å². The molecule has 110 heavy (non-hydrogen) atoms. The number of aliphatic imine (C=N–C) groups is 1. The zero-order valence-corrected chi connectivity index (χ0v) is 61.4. The molecule has 39 nitrogen and oxygen atoms in total. The normalized spacial score (nSPS) is 20.7. The number of hydrogen-bond acceptors (Lipinski definition) is 21. The summed E-state index contributed by atoms with van der Waals surface area (Å²) in [5, 5.41) is 63.6. The number of nitrogens with zero attached hydrogens (tertiary/aromatic N) is 3. The molecule has 39 heteroatoms. The van der Waals surface area contributed by atoms with Gasteiger partial charge in [-0.05, 0) is 75.1 Å². The quantitative estimate of drug-likeness (QED) is 0.0123. The van der Waals surface area contributed by atoms with E-state index in [0.717, 1.165) is 22.7 Å². The summed E-state index contributed by atoms with van der Waals surface area (Å²) in [7, 11) is 0. The Hall–Kier alpha value is -11.5. The number of carbonyl (C=O) groups is 15. The number of hydrogen-bond donors (Lipinski definition) is 21. The highest BCUT2D eigenvalue weighted by Crippen LogP contribution is 2.23.